The highest BCUT2D eigenvalue weighted by molar-refractivity contribution is 5.89. The number of aromatic nitrogens is 1. The summed E-state index contributed by atoms with van der Waals surface area (Å²) in [6.07, 6.45) is 9.94. The van der Waals surface area contributed by atoms with Crippen LogP contribution < -0.4 is 5.32 Å². The maximum absolute atomic E-state index is 4.77. The Balaban J connectivity index is 1.59. The average molecular weight is 277 g/mol. The summed E-state index contributed by atoms with van der Waals surface area (Å²) in [6.45, 7) is 4.17. The summed E-state index contributed by atoms with van der Waals surface area (Å²) in [5.74, 6) is 1.42. The molecule has 1 N–H and O–H groups in total. The van der Waals surface area contributed by atoms with Crippen LogP contribution in [0.5, 0.6) is 0 Å². The monoisotopic (exact) mass is 277 g/mol. The number of hydrogen-bond acceptors (Lipinski definition) is 3. The number of rotatable bonds is 2. The molecular weight excluding hydrogens is 258 g/mol. The molecule has 3 atom stereocenters. The van der Waals surface area contributed by atoms with Gasteiger partial charge in [0.15, 0.2) is 0 Å². The summed E-state index contributed by atoms with van der Waals surface area (Å²) < 4.78 is 0. The molecule has 106 valence electrons. The molecule has 0 aromatic carbocycles. The Kier molecular flexibility index (Phi) is 2.81. The van der Waals surface area contributed by atoms with Crippen LogP contribution >= 0.6 is 0 Å². The Labute approximate surface area is 125 Å². The summed E-state index contributed by atoms with van der Waals surface area (Å²) in [7, 11) is 0. The minimum atomic E-state index is 0.123. The number of dihydropyridines is 1. The smallest absolute Gasteiger partial charge is 0.0873 e. The van der Waals surface area contributed by atoms with Crippen LogP contribution in [0.3, 0.4) is 0 Å². The highest BCUT2D eigenvalue weighted by atomic mass is 15.0. The molecule has 3 heterocycles. The predicted octanol–water partition coefficient (Wildman–Crippen LogP) is 3.47. The Bertz CT molecular complexity index is 709. The molecule has 3 aliphatic rings. The molecule has 0 amide bonds. The first-order valence-corrected chi connectivity index (χ1v) is 7.56. The first-order chi connectivity index (χ1) is 10.2. The van der Waals surface area contributed by atoms with Gasteiger partial charge in [-0.3, -0.25) is 9.98 Å². The minimum Gasteiger partial charge on any atom is -0.372 e. The molecule has 1 aromatic heterocycles. The molecule has 1 aliphatic carbocycles. The number of allylic oxidation sites excluding steroid dienone is 3. The van der Waals surface area contributed by atoms with Gasteiger partial charge in [-0.05, 0) is 44.4 Å². The molecule has 0 spiro atoms. The van der Waals surface area contributed by atoms with E-state index in [0.717, 1.165) is 22.8 Å². The SMILES string of the molecule is CC1=NC(C2=CC=CC(c3cccc(C)n3)N2)=CC2CC12. The van der Waals surface area contributed by atoms with E-state index < -0.39 is 0 Å². The molecule has 4 rings (SSSR count). The Morgan fingerprint density at radius 3 is 2.95 bits per heavy atom. The van der Waals surface area contributed by atoms with E-state index in [0.29, 0.717) is 11.8 Å². The first-order valence-electron chi connectivity index (χ1n) is 7.56. The van der Waals surface area contributed by atoms with Gasteiger partial charge in [0.1, 0.15) is 0 Å². The van der Waals surface area contributed by atoms with Crippen LogP contribution in [0.25, 0.3) is 0 Å². The van der Waals surface area contributed by atoms with Crippen LogP contribution in [0.15, 0.2) is 58.9 Å². The summed E-state index contributed by atoms with van der Waals surface area (Å²) in [4.78, 5) is 9.39. The van der Waals surface area contributed by atoms with Crippen LogP contribution in [-0.2, 0) is 0 Å². The van der Waals surface area contributed by atoms with Gasteiger partial charge in [-0.25, -0.2) is 0 Å². The molecular formula is C18H19N3. The van der Waals surface area contributed by atoms with Gasteiger partial charge in [0.25, 0.3) is 0 Å². The lowest BCUT2D eigenvalue weighted by Crippen LogP contribution is -2.24. The summed E-state index contributed by atoms with van der Waals surface area (Å²) in [5.41, 5.74) is 5.58. The van der Waals surface area contributed by atoms with E-state index in [9.17, 15) is 0 Å². The fraction of sp³-hybridized carbons (Fsp3) is 0.333. The zero-order chi connectivity index (χ0) is 14.4. The molecule has 1 fully saturated rings. The summed E-state index contributed by atoms with van der Waals surface area (Å²) >= 11 is 0. The van der Waals surface area contributed by atoms with E-state index >= 15 is 0 Å². The quantitative estimate of drug-likeness (QED) is 0.898. The molecule has 3 heteroatoms. The number of nitrogens with one attached hydrogen (secondary N) is 1. The Hall–Kier alpha value is -2.16. The fourth-order valence-electron chi connectivity index (χ4n) is 3.14. The van der Waals surface area contributed by atoms with E-state index in [1.54, 1.807) is 0 Å². The standard InChI is InChI=1S/C18H19N3/c1-11-5-3-6-15(19-11)16-7-4-8-17(21-16)18-10-13-9-14(13)12(2)20-18/h3-8,10,13-14,16,21H,9H2,1-2H3. The van der Waals surface area contributed by atoms with Crippen molar-refractivity contribution in [3.63, 3.8) is 0 Å². The normalized spacial score (nSPS) is 29.8. The lowest BCUT2D eigenvalue weighted by Gasteiger charge is -2.23. The minimum absolute atomic E-state index is 0.123. The van der Waals surface area contributed by atoms with Gasteiger partial charge in [-0.2, -0.15) is 0 Å². The molecule has 3 nitrogen and oxygen atoms in total. The first kappa shape index (κ1) is 12.6. The van der Waals surface area contributed by atoms with Crippen molar-refractivity contribution >= 4 is 5.71 Å². The van der Waals surface area contributed by atoms with Crippen molar-refractivity contribution in [2.24, 2.45) is 16.8 Å². The van der Waals surface area contributed by atoms with Crippen LogP contribution in [0.4, 0.5) is 0 Å². The van der Waals surface area contributed by atoms with Gasteiger partial charge in [0, 0.05) is 17.3 Å². The van der Waals surface area contributed by atoms with E-state index in [1.165, 1.54) is 12.1 Å². The Morgan fingerprint density at radius 1 is 1.24 bits per heavy atom. The number of aliphatic imine (C=N–C) groups is 1. The fourth-order valence-corrected chi connectivity index (χ4v) is 3.14. The zero-order valence-electron chi connectivity index (χ0n) is 12.4. The Morgan fingerprint density at radius 2 is 2.14 bits per heavy atom. The van der Waals surface area contributed by atoms with Gasteiger partial charge in [-0.15, -0.1) is 0 Å². The molecule has 3 unspecified atom stereocenters. The lowest BCUT2D eigenvalue weighted by atomic mass is 10.0. The van der Waals surface area contributed by atoms with Gasteiger partial charge in [0.05, 0.1) is 23.1 Å². The van der Waals surface area contributed by atoms with Crippen molar-refractivity contribution in [1.29, 1.82) is 0 Å². The number of aryl methyl sites for hydroxylation is 1. The highest BCUT2D eigenvalue weighted by Gasteiger charge is 2.40. The molecule has 1 aromatic rings. The van der Waals surface area contributed by atoms with Crippen LogP contribution in [-0.4, -0.2) is 10.7 Å². The van der Waals surface area contributed by atoms with Crippen molar-refractivity contribution in [3.8, 4) is 0 Å². The molecule has 1 saturated carbocycles. The third-order valence-corrected chi connectivity index (χ3v) is 4.43. The highest BCUT2D eigenvalue weighted by Crippen LogP contribution is 2.45. The molecule has 0 bridgehead atoms. The largest absolute Gasteiger partial charge is 0.372 e. The molecule has 21 heavy (non-hydrogen) atoms. The average Bonchev–Trinajstić information content (AvgIpc) is 3.27. The van der Waals surface area contributed by atoms with Crippen LogP contribution in [0, 0.1) is 18.8 Å². The van der Waals surface area contributed by atoms with E-state index in [2.05, 4.69) is 53.7 Å². The second-order valence-corrected chi connectivity index (χ2v) is 6.10. The predicted molar refractivity (Wildman–Crippen MR) is 84.9 cm³/mol. The van der Waals surface area contributed by atoms with Gasteiger partial charge in [-0.1, -0.05) is 24.3 Å². The molecule has 2 aliphatic heterocycles. The summed E-state index contributed by atoms with van der Waals surface area (Å²) in [5, 5.41) is 3.56. The third kappa shape index (κ3) is 2.33. The van der Waals surface area contributed by atoms with Crippen molar-refractivity contribution < 1.29 is 0 Å². The third-order valence-electron chi connectivity index (χ3n) is 4.43. The van der Waals surface area contributed by atoms with Crippen molar-refractivity contribution in [2.45, 2.75) is 26.3 Å². The molecule has 0 radical (unpaired) electrons. The van der Waals surface area contributed by atoms with E-state index in [1.807, 2.05) is 13.0 Å². The van der Waals surface area contributed by atoms with Crippen molar-refractivity contribution in [1.82, 2.24) is 10.3 Å². The zero-order valence-corrected chi connectivity index (χ0v) is 12.4. The molecule has 0 saturated heterocycles. The second kappa shape index (κ2) is 4.69. The van der Waals surface area contributed by atoms with Crippen LogP contribution in [0.2, 0.25) is 0 Å². The van der Waals surface area contributed by atoms with Gasteiger partial charge < -0.3 is 5.32 Å². The number of fused-ring (bicyclic) bond motifs is 1. The maximum atomic E-state index is 4.77. The summed E-state index contributed by atoms with van der Waals surface area (Å²) in [6, 6.07) is 6.27. The lowest BCUT2D eigenvalue weighted by molar-refractivity contribution is 0.683. The number of hydrogen-bond donors (Lipinski definition) is 1. The second-order valence-electron chi connectivity index (χ2n) is 6.10. The number of pyridine rings is 1. The van der Waals surface area contributed by atoms with Gasteiger partial charge >= 0.3 is 0 Å². The van der Waals surface area contributed by atoms with E-state index in [4.69, 9.17) is 4.99 Å². The topological polar surface area (TPSA) is 37.3 Å². The van der Waals surface area contributed by atoms with Gasteiger partial charge in [0.2, 0.25) is 0 Å². The number of nitrogens with zero attached hydrogens (tertiary/aromatic N) is 2. The van der Waals surface area contributed by atoms with Crippen molar-refractivity contribution in [2.75, 3.05) is 0 Å². The van der Waals surface area contributed by atoms with Crippen LogP contribution in [0.1, 0.15) is 30.8 Å². The maximum Gasteiger partial charge on any atom is 0.0873 e. The van der Waals surface area contributed by atoms with E-state index in [-0.39, 0.29) is 6.04 Å². The van der Waals surface area contributed by atoms with Crippen molar-refractivity contribution in [3.05, 3.63) is 65.3 Å².